The number of benzene rings is 1. The predicted octanol–water partition coefficient (Wildman–Crippen LogP) is 6.55. The van der Waals surface area contributed by atoms with Crippen LogP contribution in [0.2, 0.25) is 0 Å². The van der Waals surface area contributed by atoms with E-state index in [0.717, 1.165) is 74.3 Å². The van der Waals surface area contributed by atoms with E-state index in [1.807, 2.05) is 13.8 Å². The smallest absolute Gasteiger partial charge is 0.314 e. The topological polar surface area (TPSA) is 52.6 Å². The number of hydrogen-bond donors (Lipinski definition) is 0. The summed E-state index contributed by atoms with van der Waals surface area (Å²) in [5.41, 5.74) is 1.73. The van der Waals surface area contributed by atoms with E-state index in [1.54, 1.807) is 12.1 Å². The van der Waals surface area contributed by atoms with Crippen LogP contribution in [-0.4, -0.2) is 11.9 Å². The van der Waals surface area contributed by atoms with Crippen molar-refractivity contribution in [3.8, 4) is 11.5 Å². The molecule has 166 valence electrons. The third-order valence-corrected chi connectivity index (χ3v) is 7.62. The molecule has 0 spiro atoms. The molecule has 0 unspecified atom stereocenters. The van der Waals surface area contributed by atoms with Crippen LogP contribution >= 0.6 is 0 Å². The van der Waals surface area contributed by atoms with E-state index in [0.29, 0.717) is 11.5 Å². The van der Waals surface area contributed by atoms with Crippen molar-refractivity contribution in [3.05, 3.63) is 23.3 Å². The van der Waals surface area contributed by atoms with E-state index in [4.69, 9.17) is 9.47 Å². The highest BCUT2D eigenvalue weighted by molar-refractivity contribution is 5.77. The predicted molar refractivity (Wildman–Crippen MR) is 119 cm³/mol. The zero-order chi connectivity index (χ0) is 21.7. The zero-order valence-electron chi connectivity index (χ0n) is 19.2. The molecule has 0 N–H and O–H groups in total. The van der Waals surface area contributed by atoms with Crippen LogP contribution in [0.3, 0.4) is 0 Å². The summed E-state index contributed by atoms with van der Waals surface area (Å²) in [5, 5.41) is 0. The Kier molecular flexibility index (Phi) is 7.96. The van der Waals surface area contributed by atoms with Crippen LogP contribution in [0, 0.1) is 37.5 Å². The van der Waals surface area contributed by atoms with Crippen molar-refractivity contribution in [1.29, 1.82) is 0 Å². The molecule has 1 aromatic rings. The summed E-state index contributed by atoms with van der Waals surface area (Å²) in [5.74, 6) is 2.44. The van der Waals surface area contributed by atoms with Gasteiger partial charge in [0.25, 0.3) is 0 Å². The average Bonchev–Trinajstić information content (AvgIpc) is 2.78. The van der Waals surface area contributed by atoms with Gasteiger partial charge in [0, 0.05) is 0 Å². The number of hydrogen-bond acceptors (Lipinski definition) is 4. The van der Waals surface area contributed by atoms with Gasteiger partial charge in [-0.3, -0.25) is 9.59 Å². The molecular weight excluding hydrogens is 376 g/mol. The number of rotatable bonds is 6. The summed E-state index contributed by atoms with van der Waals surface area (Å²) in [6, 6.07) is 3.54. The molecule has 4 heteroatoms. The minimum absolute atomic E-state index is 0.00302. The Hall–Kier alpha value is -1.84. The quantitative estimate of drug-likeness (QED) is 0.391. The van der Waals surface area contributed by atoms with Gasteiger partial charge in [-0.2, -0.15) is 0 Å². The third-order valence-electron chi connectivity index (χ3n) is 7.62. The van der Waals surface area contributed by atoms with Crippen LogP contribution in [0.4, 0.5) is 0 Å². The van der Waals surface area contributed by atoms with Gasteiger partial charge in [-0.25, -0.2) is 0 Å². The number of carbonyl (C=O) groups is 2. The molecule has 30 heavy (non-hydrogen) atoms. The molecule has 3 rings (SSSR count). The van der Waals surface area contributed by atoms with E-state index in [2.05, 4.69) is 13.8 Å². The lowest BCUT2D eigenvalue weighted by molar-refractivity contribution is -0.141. The molecule has 2 saturated carbocycles. The van der Waals surface area contributed by atoms with E-state index in [9.17, 15) is 9.59 Å². The van der Waals surface area contributed by atoms with Crippen molar-refractivity contribution < 1.29 is 19.1 Å². The average molecular weight is 415 g/mol. The summed E-state index contributed by atoms with van der Waals surface area (Å²) in [6.07, 6.45) is 10.5. The molecule has 0 amide bonds. The van der Waals surface area contributed by atoms with Gasteiger partial charge >= 0.3 is 11.9 Å². The van der Waals surface area contributed by atoms with E-state index >= 15 is 0 Å². The number of esters is 2. The standard InChI is InChI=1S/C26H38O4/c1-5-19-7-11-21(12-8-19)25(27)29-23-15-16-24(18(4)17(23)3)30-26(28)22-13-9-20(6-2)10-14-22/h15-16,19-22H,5-14H2,1-4H3. The van der Waals surface area contributed by atoms with Crippen LogP contribution in [0.1, 0.15) is 89.2 Å². The molecule has 0 radical (unpaired) electrons. The Morgan fingerprint density at radius 3 is 1.33 bits per heavy atom. The zero-order valence-corrected chi connectivity index (χ0v) is 19.2. The summed E-state index contributed by atoms with van der Waals surface area (Å²) < 4.78 is 11.5. The van der Waals surface area contributed by atoms with Gasteiger partial charge in [-0.1, -0.05) is 26.7 Å². The number of ether oxygens (including phenoxy) is 2. The Morgan fingerprint density at radius 2 is 1.03 bits per heavy atom. The maximum Gasteiger partial charge on any atom is 0.314 e. The van der Waals surface area contributed by atoms with Gasteiger partial charge in [0.05, 0.1) is 11.8 Å². The first-order valence-corrected chi connectivity index (χ1v) is 12.0. The molecule has 2 aliphatic carbocycles. The minimum atomic E-state index is -0.121. The molecule has 0 atom stereocenters. The Morgan fingerprint density at radius 1 is 0.700 bits per heavy atom. The van der Waals surface area contributed by atoms with Gasteiger partial charge in [0.1, 0.15) is 11.5 Å². The molecule has 0 bridgehead atoms. The largest absolute Gasteiger partial charge is 0.426 e. The molecule has 4 nitrogen and oxygen atoms in total. The highest BCUT2D eigenvalue weighted by atomic mass is 16.5. The van der Waals surface area contributed by atoms with Crippen molar-refractivity contribution in [2.75, 3.05) is 0 Å². The van der Waals surface area contributed by atoms with Crippen molar-refractivity contribution in [2.24, 2.45) is 23.7 Å². The highest BCUT2D eigenvalue weighted by Gasteiger charge is 2.29. The lowest BCUT2D eigenvalue weighted by atomic mass is 9.81. The molecule has 0 aromatic heterocycles. The number of carbonyl (C=O) groups excluding carboxylic acids is 2. The van der Waals surface area contributed by atoms with Gasteiger partial charge in [0.15, 0.2) is 0 Å². The van der Waals surface area contributed by atoms with E-state index in [-0.39, 0.29) is 23.8 Å². The molecular formula is C26H38O4. The first kappa shape index (κ1) is 22.8. The second-order valence-corrected chi connectivity index (χ2v) is 9.41. The van der Waals surface area contributed by atoms with Crippen molar-refractivity contribution in [2.45, 2.75) is 91.9 Å². The van der Waals surface area contributed by atoms with Gasteiger partial charge in [-0.15, -0.1) is 0 Å². The summed E-state index contributed by atoms with van der Waals surface area (Å²) in [6.45, 7) is 8.30. The molecule has 0 aliphatic heterocycles. The Labute approximate surface area is 181 Å². The second kappa shape index (κ2) is 10.5. The van der Waals surface area contributed by atoms with Crippen LogP contribution in [-0.2, 0) is 9.59 Å². The van der Waals surface area contributed by atoms with E-state index < -0.39 is 0 Å². The SMILES string of the molecule is CCC1CCC(C(=O)Oc2ccc(OC(=O)C3CCC(CC)CC3)c(C)c2C)CC1. The van der Waals surface area contributed by atoms with Crippen LogP contribution in [0.5, 0.6) is 11.5 Å². The first-order chi connectivity index (χ1) is 14.4. The Balaban J connectivity index is 1.58. The minimum Gasteiger partial charge on any atom is -0.426 e. The summed E-state index contributed by atoms with van der Waals surface area (Å²) >= 11 is 0. The van der Waals surface area contributed by atoms with Crippen LogP contribution in [0.25, 0.3) is 0 Å². The Bertz CT molecular complexity index is 675. The summed E-state index contributed by atoms with van der Waals surface area (Å²) in [7, 11) is 0. The third kappa shape index (κ3) is 5.44. The monoisotopic (exact) mass is 414 g/mol. The molecule has 2 fully saturated rings. The lowest BCUT2D eigenvalue weighted by Crippen LogP contribution is -2.26. The molecule has 1 aromatic carbocycles. The normalized spacial score (nSPS) is 26.8. The fraction of sp³-hybridized carbons (Fsp3) is 0.692. The van der Waals surface area contributed by atoms with Gasteiger partial charge in [-0.05, 0) is 100 Å². The molecule has 0 saturated heterocycles. The molecule has 0 heterocycles. The van der Waals surface area contributed by atoms with Crippen LogP contribution in [0.15, 0.2) is 12.1 Å². The van der Waals surface area contributed by atoms with Crippen molar-refractivity contribution in [1.82, 2.24) is 0 Å². The van der Waals surface area contributed by atoms with Crippen LogP contribution < -0.4 is 9.47 Å². The van der Waals surface area contributed by atoms with Crippen molar-refractivity contribution in [3.63, 3.8) is 0 Å². The van der Waals surface area contributed by atoms with Crippen molar-refractivity contribution >= 4 is 11.9 Å². The lowest BCUT2D eigenvalue weighted by Gasteiger charge is -2.27. The fourth-order valence-electron chi connectivity index (χ4n) is 4.99. The maximum atomic E-state index is 12.6. The van der Waals surface area contributed by atoms with Gasteiger partial charge < -0.3 is 9.47 Å². The second-order valence-electron chi connectivity index (χ2n) is 9.41. The maximum absolute atomic E-state index is 12.6. The van der Waals surface area contributed by atoms with Gasteiger partial charge in [0.2, 0.25) is 0 Å². The first-order valence-electron chi connectivity index (χ1n) is 12.0. The van der Waals surface area contributed by atoms with E-state index in [1.165, 1.54) is 12.8 Å². The molecule has 2 aliphatic rings. The highest BCUT2D eigenvalue weighted by Crippen LogP contribution is 2.35. The summed E-state index contributed by atoms with van der Waals surface area (Å²) in [4.78, 5) is 25.3. The fourth-order valence-corrected chi connectivity index (χ4v) is 4.99.